The van der Waals surface area contributed by atoms with E-state index >= 15 is 0 Å². The highest BCUT2D eigenvalue weighted by Crippen LogP contribution is 2.34. The van der Waals surface area contributed by atoms with E-state index in [0.717, 1.165) is 0 Å². The molecule has 0 radical (unpaired) electrons. The second-order valence-electron chi connectivity index (χ2n) is 4.75. The Labute approximate surface area is 122 Å². The van der Waals surface area contributed by atoms with Crippen molar-refractivity contribution in [3.05, 3.63) is 21.6 Å². The molecule has 0 spiro atoms. The van der Waals surface area contributed by atoms with Gasteiger partial charge in [0, 0.05) is 0 Å². The van der Waals surface area contributed by atoms with E-state index in [4.69, 9.17) is 27.2 Å². The number of nitrogens with zero attached hydrogens (tertiary/aromatic N) is 2. The van der Waals surface area contributed by atoms with Crippen molar-refractivity contribution < 1.29 is 20.1 Å². The highest BCUT2D eigenvalue weighted by molar-refractivity contribution is 6.30. The number of ether oxygens (including phenoxy) is 1. The van der Waals surface area contributed by atoms with Crippen molar-refractivity contribution >= 4 is 28.6 Å². The molecule has 1 aliphatic rings. The fourth-order valence-corrected chi connectivity index (χ4v) is 2.71. The van der Waals surface area contributed by atoms with E-state index in [0.29, 0.717) is 0 Å². The minimum atomic E-state index is -1.34. The van der Waals surface area contributed by atoms with E-state index in [1.54, 1.807) is 0 Å². The number of hydrogen-bond acceptors (Lipinski definition) is 7. The summed E-state index contributed by atoms with van der Waals surface area (Å²) in [4.78, 5) is 18.1. The van der Waals surface area contributed by atoms with Gasteiger partial charge in [0.2, 0.25) is 5.95 Å². The second-order valence-corrected chi connectivity index (χ2v) is 5.14. The molecule has 2 aromatic rings. The van der Waals surface area contributed by atoms with Crippen LogP contribution in [0.15, 0.2) is 10.9 Å². The first-order chi connectivity index (χ1) is 9.93. The van der Waals surface area contributed by atoms with E-state index in [9.17, 15) is 15.0 Å². The summed E-state index contributed by atoms with van der Waals surface area (Å²) in [6.07, 6.45) is -4.67. The van der Waals surface area contributed by atoms with Gasteiger partial charge in [-0.2, -0.15) is 4.98 Å². The van der Waals surface area contributed by atoms with Gasteiger partial charge in [-0.1, -0.05) is 11.6 Å². The maximum absolute atomic E-state index is 11.8. The number of rotatable bonds is 2. The molecule has 3 heterocycles. The number of aromatic amines is 1. The van der Waals surface area contributed by atoms with Gasteiger partial charge in [0.1, 0.15) is 23.5 Å². The second kappa shape index (κ2) is 4.97. The summed E-state index contributed by atoms with van der Waals surface area (Å²) in [7, 11) is 0. The first-order valence-electron chi connectivity index (χ1n) is 6.12. The highest BCUT2D eigenvalue weighted by Gasteiger charge is 2.44. The standard InChI is InChI=1S/C11H13ClN4O5/c12-5-1-3-8(14-11(13)15-9(3)20)16(5)10-7(19)6(18)4(2-17)21-10/h1,4,6-7,10,17-19H,2H2,(H3,13,14,15,20)/t4-,6-,7-,10?/m1/s1. The van der Waals surface area contributed by atoms with Crippen LogP contribution >= 0.6 is 11.6 Å². The van der Waals surface area contributed by atoms with Crippen molar-refractivity contribution in [2.75, 3.05) is 12.3 Å². The lowest BCUT2D eigenvalue weighted by Crippen LogP contribution is -2.33. The number of nitrogens with two attached hydrogens (primary N) is 1. The van der Waals surface area contributed by atoms with Gasteiger partial charge in [0.15, 0.2) is 11.9 Å². The van der Waals surface area contributed by atoms with Crippen molar-refractivity contribution in [2.45, 2.75) is 24.5 Å². The summed E-state index contributed by atoms with van der Waals surface area (Å²) in [6, 6.07) is 1.36. The maximum atomic E-state index is 11.8. The smallest absolute Gasteiger partial charge is 0.261 e. The number of aliphatic hydroxyl groups is 3. The van der Waals surface area contributed by atoms with Crippen LogP contribution in [0.3, 0.4) is 0 Å². The number of nitrogens with one attached hydrogen (secondary N) is 1. The van der Waals surface area contributed by atoms with E-state index in [-0.39, 0.29) is 22.1 Å². The Morgan fingerprint density at radius 3 is 2.81 bits per heavy atom. The van der Waals surface area contributed by atoms with Gasteiger partial charge in [-0.15, -0.1) is 0 Å². The topological polar surface area (TPSA) is 147 Å². The normalized spacial score (nSPS) is 29.3. The Morgan fingerprint density at radius 2 is 2.19 bits per heavy atom. The first kappa shape index (κ1) is 14.3. The van der Waals surface area contributed by atoms with Crippen molar-refractivity contribution in [1.82, 2.24) is 14.5 Å². The zero-order valence-electron chi connectivity index (χ0n) is 10.6. The minimum absolute atomic E-state index is 0.0865. The molecule has 2 aromatic heterocycles. The number of fused-ring (bicyclic) bond motifs is 1. The highest BCUT2D eigenvalue weighted by atomic mass is 35.5. The Morgan fingerprint density at radius 1 is 1.48 bits per heavy atom. The lowest BCUT2D eigenvalue weighted by molar-refractivity contribution is -0.0507. The number of nitrogen functional groups attached to an aromatic ring is 1. The van der Waals surface area contributed by atoms with Gasteiger partial charge in [-0.05, 0) is 6.07 Å². The molecule has 1 unspecified atom stereocenters. The number of hydrogen-bond donors (Lipinski definition) is 5. The van der Waals surface area contributed by atoms with Gasteiger partial charge < -0.3 is 25.8 Å². The Balaban J connectivity index is 2.17. The first-order valence-corrected chi connectivity index (χ1v) is 6.50. The number of aromatic nitrogens is 3. The van der Waals surface area contributed by atoms with E-state index in [1.165, 1.54) is 10.6 Å². The molecule has 1 fully saturated rings. The van der Waals surface area contributed by atoms with Crippen molar-refractivity contribution in [3.63, 3.8) is 0 Å². The molecule has 1 aliphatic heterocycles. The van der Waals surface area contributed by atoms with Crippen LogP contribution in [-0.2, 0) is 4.74 Å². The molecule has 0 bridgehead atoms. The molecule has 0 saturated carbocycles. The summed E-state index contributed by atoms with van der Waals surface area (Å²) >= 11 is 6.07. The SMILES string of the molecule is Nc1nc2c(cc(Cl)n2C2O[C@H](CO)[C@@H](O)[C@H]2O)c(=O)[nH]1. The van der Waals surface area contributed by atoms with Gasteiger partial charge in [-0.3, -0.25) is 14.3 Å². The Kier molecular flexibility index (Phi) is 3.38. The summed E-state index contributed by atoms with van der Waals surface area (Å²) < 4.78 is 6.64. The molecule has 3 rings (SSSR count). The molecular weight excluding hydrogens is 304 g/mol. The number of halogens is 1. The third kappa shape index (κ3) is 2.10. The zero-order valence-corrected chi connectivity index (χ0v) is 11.4. The van der Waals surface area contributed by atoms with Crippen LogP contribution in [0.25, 0.3) is 11.0 Å². The summed E-state index contributed by atoms with van der Waals surface area (Å²) in [5.74, 6) is -0.115. The number of aliphatic hydroxyl groups excluding tert-OH is 3. The van der Waals surface area contributed by atoms with Gasteiger partial charge in [0.25, 0.3) is 5.56 Å². The molecular formula is C11H13ClN4O5. The molecule has 114 valence electrons. The van der Waals surface area contributed by atoms with E-state index < -0.39 is 36.7 Å². The molecule has 6 N–H and O–H groups in total. The van der Waals surface area contributed by atoms with Crippen LogP contribution in [0.4, 0.5) is 5.95 Å². The van der Waals surface area contributed by atoms with Crippen molar-refractivity contribution in [3.8, 4) is 0 Å². The molecule has 1 saturated heterocycles. The van der Waals surface area contributed by atoms with Gasteiger partial charge in [0.05, 0.1) is 12.0 Å². The molecule has 0 amide bonds. The van der Waals surface area contributed by atoms with Crippen LogP contribution in [-0.4, -0.2) is 54.8 Å². The van der Waals surface area contributed by atoms with Crippen LogP contribution in [0.5, 0.6) is 0 Å². The minimum Gasteiger partial charge on any atom is -0.394 e. The van der Waals surface area contributed by atoms with Gasteiger partial charge >= 0.3 is 0 Å². The van der Waals surface area contributed by atoms with Crippen LogP contribution in [0, 0.1) is 0 Å². The zero-order chi connectivity index (χ0) is 15.3. The van der Waals surface area contributed by atoms with Crippen LogP contribution in [0.2, 0.25) is 5.15 Å². The predicted molar refractivity (Wildman–Crippen MR) is 72.8 cm³/mol. The summed E-state index contributed by atoms with van der Waals surface area (Å²) in [5, 5.41) is 29.2. The number of anilines is 1. The maximum Gasteiger partial charge on any atom is 0.261 e. The molecule has 9 nitrogen and oxygen atoms in total. The van der Waals surface area contributed by atoms with Crippen molar-refractivity contribution in [1.29, 1.82) is 0 Å². The van der Waals surface area contributed by atoms with Crippen LogP contribution < -0.4 is 11.3 Å². The fourth-order valence-electron chi connectivity index (χ4n) is 2.43. The van der Waals surface area contributed by atoms with Crippen LogP contribution in [0.1, 0.15) is 6.23 Å². The quantitative estimate of drug-likeness (QED) is 0.456. The molecule has 21 heavy (non-hydrogen) atoms. The molecule has 4 atom stereocenters. The van der Waals surface area contributed by atoms with E-state index in [2.05, 4.69) is 9.97 Å². The Hall–Kier alpha value is -1.65. The fraction of sp³-hybridized carbons (Fsp3) is 0.455. The average molecular weight is 317 g/mol. The monoisotopic (exact) mass is 316 g/mol. The lowest BCUT2D eigenvalue weighted by Gasteiger charge is -2.18. The average Bonchev–Trinajstić information content (AvgIpc) is 2.89. The molecule has 0 aromatic carbocycles. The third-order valence-corrected chi connectivity index (χ3v) is 3.74. The van der Waals surface area contributed by atoms with E-state index in [1.807, 2.05) is 0 Å². The predicted octanol–water partition coefficient (Wildman–Crippen LogP) is -1.43. The summed E-state index contributed by atoms with van der Waals surface area (Å²) in [6.45, 7) is -0.471. The molecule has 10 heteroatoms. The van der Waals surface area contributed by atoms with Gasteiger partial charge in [-0.25, -0.2) is 0 Å². The molecule has 0 aliphatic carbocycles. The Bertz CT molecular complexity index is 744. The van der Waals surface area contributed by atoms with Crippen molar-refractivity contribution in [2.24, 2.45) is 0 Å². The lowest BCUT2D eigenvalue weighted by atomic mass is 10.1. The largest absolute Gasteiger partial charge is 0.394 e. The third-order valence-electron chi connectivity index (χ3n) is 3.45. The number of H-pyrrole nitrogens is 1. The summed E-state index contributed by atoms with van der Waals surface area (Å²) in [5.41, 5.74) is 5.14.